The maximum Gasteiger partial charge on any atom is 0.338 e. The van der Waals surface area contributed by atoms with Crippen molar-refractivity contribution in [2.24, 2.45) is 11.8 Å². The van der Waals surface area contributed by atoms with E-state index in [1.807, 2.05) is 32.0 Å². The molecule has 2 N–H and O–H groups in total. The molecule has 146 valence electrons. The van der Waals surface area contributed by atoms with E-state index in [0.717, 1.165) is 16.8 Å². The highest BCUT2D eigenvalue weighted by Crippen LogP contribution is 2.40. The maximum atomic E-state index is 12.4. The first kappa shape index (κ1) is 19.6. The molecule has 2 amide bonds. The fourth-order valence-corrected chi connectivity index (χ4v) is 3.03. The van der Waals surface area contributed by atoms with Gasteiger partial charge in [0.05, 0.1) is 24.0 Å². The zero-order chi connectivity index (χ0) is 20.3. The molecule has 0 aromatic heterocycles. The van der Waals surface area contributed by atoms with Crippen LogP contribution < -0.4 is 10.6 Å². The van der Waals surface area contributed by atoms with E-state index in [4.69, 9.17) is 4.74 Å². The van der Waals surface area contributed by atoms with E-state index < -0.39 is 5.97 Å². The van der Waals surface area contributed by atoms with Gasteiger partial charge in [0.15, 0.2) is 0 Å². The zero-order valence-corrected chi connectivity index (χ0v) is 16.2. The molecule has 2 aromatic carbocycles. The Morgan fingerprint density at radius 1 is 0.964 bits per heavy atom. The van der Waals surface area contributed by atoms with Gasteiger partial charge >= 0.3 is 5.97 Å². The quantitative estimate of drug-likeness (QED) is 0.749. The number of hydrogen-bond acceptors (Lipinski definition) is 4. The lowest BCUT2D eigenvalue weighted by Crippen LogP contribution is -2.21. The normalized spacial score (nSPS) is 17.5. The van der Waals surface area contributed by atoms with Crippen molar-refractivity contribution in [2.45, 2.75) is 27.2 Å². The van der Waals surface area contributed by atoms with Crippen LogP contribution >= 0.6 is 0 Å². The van der Waals surface area contributed by atoms with E-state index in [0.29, 0.717) is 24.3 Å². The summed E-state index contributed by atoms with van der Waals surface area (Å²) in [6.45, 7) is 6.01. The smallest absolute Gasteiger partial charge is 0.338 e. The van der Waals surface area contributed by atoms with Crippen molar-refractivity contribution >= 4 is 29.2 Å². The van der Waals surface area contributed by atoms with Crippen LogP contribution in [0.1, 0.15) is 34.8 Å². The number of nitrogens with one attached hydrogen (secondary N) is 2. The molecule has 6 heteroatoms. The van der Waals surface area contributed by atoms with Gasteiger partial charge in [-0.05, 0) is 68.7 Å². The van der Waals surface area contributed by atoms with Crippen molar-refractivity contribution in [1.29, 1.82) is 0 Å². The topological polar surface area (TPSA) is 84.5 Å². The van der Waals surface area contributed by atoms with Crippen molar-refractivity contribution < 1.29 is 19.1 Å². The summed E-state index contributed by atoms with van der Waals surface area (Å²) in [5.41, 5.74) is 3.93. The van der Waals surface area contributed by atoms with Crippen molar-refractivity contribution in [2.75, 3.05) is 17.2 Å². The Morgan fingerprint density at radius 2 is 1.61 bits per heavy atom. The average molecular weight is 380 g/mol. The van der Waals surface area contributed by atoms with E-state index >= 15 is 0 Å². The SMILES string of the molecule is CCOC(=O)c1ccc(NC(=O)C2CC2C(=O)Nc2cccc(C)c2C)cc1. The molecule has 2 aromatic rings. The molecule has 1 aliphatic carbocycles. The van der Waals surface area contributed by atoms with Gasteiger partial charge in [-0.1, -0.05) is 12.1 Å². The summed E-state index contributed by atoms with van der Waals surface area (Å²) in [5.74, 6) is -1.38. The minimum atomic E-state index is -0.397. The Morgan fingerprint density at radius 3 is 2.25 bits per heavy atom. The molecule has 6 nitrogen and oxygen atoms in total. The van der Waals surface area contributed by atoms with Gasteiger partial charge in [-0.15, -0.1) is 0 Å². The lowest BCUT2D eigenvalue weighted by atomic mass is 10.1. The molecule has 0 heterocycles. The van der Waals surface area contributed by atoms with E-state index in [1.165, 1.54) is 0 Å². The summed E-state index contributed by atoms with van der Waals surface area (Å²) in [5, 5.41) is 5.72. The van der Waals surface area contributed by atoms with Crippen LogP contribution in [0.3, 0.4) is 0 Å². The third kappa shape index (κ3) is 4.39. The number of ether oxygens (including phenoxy) is 1. The Balaban J connectivity index is 1.54. The second-order valence-electron chi connectivity index (χ2n) is 6.97. The second kappa shape index (κ2) is 8.25. The van der Waals surface area contributed by atoms with Gasteiger partial charge in [0.2, 0.25) is 11.8 Å². The van der Waals surface area contributed by atoms with E-state index in [2.05, 4.69) is 10.6 Å². The van der Waals surface area contributed by atoms with E-state index in [9.17, 15) is 14.4 Å². The molecule has 2 atom stereocenters. The maximum absolute atomic E-state index is 12.4. The molecule has 0 saturated heterocycles. The predicted octanol–water partition coefficient (Wildman–Crippen LogP) is 3.69. The highest BCUT2D eigenvalue weighted by Gasteiger charge is 2.48. The standard InChI is InChI=1S/C22H24N2O4/c1-4-28-22(27)15-8-10-16(11-9-15)23-20(25)17-12-18(17)21(26)24-19-7-5-6-13(2)14(19)3/h5-11,17-18H,4,12H2,1-3H3,(H,23,25)(H,24,26). The van der Waals surface area contributed by atoms with Gasteiger partial charge in [-0.3, -0.25) is 9.59 Å². The summed E-state index contributed by atoms with van der Waals surface area (Å²) in [4.78, 5) is 36.5. The van der Waals surface area contributed by atoms with Crippen molar-refractivity contribution in [3.63, 3.8) is 0 Å². The molecule has 1 fully saturated rings. The highest BCUT2D eigenvalue weighted by atomic mass is 16.5. The largest absolute Gasteiger partial charge is 0.462 e. The van der Waals surface area contributed by atoms with Gasteiger partial charge in [0, 0.05) is 11.4 Å². The molecular weight excluding hydrogens is 356 g/mol. The number of benzene rings is 2. The summed E-state index contributed by atoms with van der Waals surface area (Å²) in [7, 11) is 0. The van der Waals surface area contributed by atoms with Crippen molar-refractivity contribution in [3.8, 4) is 0 Å². The molecule has 0 bridgehead atoms. The van der Waals surface area contributed by atoms with Gasteiger partial charge in [-0.2, -0.15) is 0 Å². The van der Waals surface area contributed by atoms with Crippen LogP contribution in [0.4, 0.5) is 11.4 Å². The Kier molecular flexibility index (Phi) is 5.78. The number of carbonyl (C=O) groups is 3. The summed E-state index contributed by atoms with van der Waals surface area (Å²) in [6, 6.07) is 12.3. The average Bonchev–Trinajstić information content (AvgIpc) is 3.47. The van der Waals surface area contributed by atoms with Gasteiger partial charge in [0.1, 0.15) is 0 Å². The van der Waals surface area contributed by atoms with Crippen LogP contribution in [0.15, 0.2) is 42.5 Å². The first-order valence-electron chi connectivity index (χ1n) is 9.35. The first-order valence-corrected chi connectivity index (χ1v) is 9.35. The summed E-state index contributed by atoms with van der Waals surface area (Å²) in [6.07, 6.45) is 0.531. The summed E-state index contributed by atoms with van der Waals surface area (Å²) >= 11 is 0. The molecule has 0 aliphatic heterocycles. The zero-order valence-electron chi connectivity index (χ0n) is 16.2. The number of aryl methyl sites for hydroxylation is 1. The van der Waals surface area contributed by atoms with Crippen LogP contribution in [0.2, 0.25) is 0 Å². The molecule has 2 unspecified atom stereocenters. The van der Waals surface area contributed by atoms with E-state index in [-0.39, 0.29) is 23.7 Å². The fourth-order valence-electron chi connectivity index (χ4n) is 3.03. The number of esters is 1. The molecule has 0 radical (unpaired) electrons. The van der Waals surface area contributed by atoms with Gasteiger partial charge in [0.25, 0.3) is 0 Å². The molecule has 0 spiro atoms. The third-order valence-electron chi connectivity index (χ3n) is 4.99. The number of rotatable bonds is 6. The van der Waals surface area contributed by atoms with Crippen LogP contribution in [0.5, 0.6) is 0 Å². The predicted molar refractivity (Wildman–Crippen MR) is 107 cm³/mol. The highest BCUT2D eigenvalue weighted by molar-refractivity contribution is 6.03. The van der Waals surface area contributed by atoms with Crippen molar-refractivity contribution in [3.05, 3.63) is 59.2 Å². The summed E-state index contributed by atoms with van der Waals surface area (Å²) < 4.78 is 4.93. The fraction of sp³-hybridized carbons (Fsp3) is 0.318. The lowest BCUT2D eigenvalue weighted by molar-refractivity contribution is -0.122. The number of hydrogen-bond donors (Lipinski definition) is 2. The Hall–Kier alpha value is -3.15. The second-order valence-corrected chi connectivity index (χ2v) is 6.97. The number of anilines is 2. The third-order valence-corrected chi connectivity index (χ3v) is 4.99. The molecule has 3 rings (SSSR count). The minimum absolute atomic E-state index is 0.133. The minimum Gasteiger partial charge on any atom is -0.462 e. The monoisotopic (exact) mass is 380 g/mol. The van der Waals surface area contributed by atoms with Crippen molar-refractivity contribution in [1.82, 2.24) is 0 Å². The van der Waals surface area contributed by atoms with Crippen LogP contribution in [0, 0.1) is 25.7 Å². The van der Waals surface area contributed by atoms with Crippen LogP contribution in [-0.2, 0) is 14.3 Å². The molecule has 28 heavy (non-hydrogen) atoms. The lowest BCUT2D eigenvalue weighted by Gasteiger charge is -2.10. The Bertz CT molecular complexity index is 905. The number of carbonyl (C=O) groups excluding carboxylic acids is 3. The Labute approximate surface area is 164 Å². The van der Waals surface area contributed by atoms with E-state index in [1.54, 1.807) is 31.2 Å². The van der Waals surface area contributed by atoms with Gasteiger partial charge in [-0.25, -0.2) is 4.79 Å². The number of amides is 2. The molecule has 1 aliphatic rings. The molecule has 1 saturated carbocycles. The van der Waals surface area contributed by atoms with Crippen LogP contribution in [0.25, 0.3) is 0 Å². The van der Waals surface area contributed by atoms with Crippen LogP contribution in [-0.4, -0.2) is 24.4 Å². The molecular formula is C22H24N2O4. The van der Waals surface area contributed by atoms with Gasteiger partial charge < -0.3 is 15.4 Å². The first-order chi connectivity index (χ1) is 13.4.